The molecule has 120 valence electrons. The molecule has 3 rings (SSSR count). The summed E-state index contributed by atoms with van der Waals surface area (Å²) in [6, 6.07) is 12.2. The van der Waals surface area contributed by atoms with Crippen molar-refractivity contribution in [3.63, 3.8) is 0 Å². The summed E-state index contributed by atoms with van der Waals surface area (Å²) in [6.07, 6.45) is 2.27. The molecule has 0 aliphatic carbocycles. The Bertz CT molecular complexity index is 974. The molecule has 0 saturated heterocycles. The van der Waals surface area contributed by atoms with Gasteiger partial charge >= 0.3 is 5.63 Å². The zero-order chi connectivity index (χ0) is 17.1. The summed E-state index contributed by atoms with van der Waals surface area (Å²) in [5, 5.41) is 3.20. The number of anilines is 1. The minimum atomic E-state index is -0.723. The van der Waals surface area contributed by atoms with Gasteiger partial charge in [-0.25, -0.2) is 9.18 Å². The van der Waals surface area contributed by atoms with Gasteiger partial charge in [-0.1, -0.05) is 24.3 Å². The number of hydrogen-bond donors (Lipinski definition) is 1. The Balaban J connectivity index is 1.98. The molecule has 1 heterocycles. The number of hydrogen-bond acceptors (Lipinski definition) is 3. The van der Waals surface area contributed by atoms with Crippen LogP contribution in [-0.2, 0) is 6.42 Å². The van der Waals surface area contributed by atoms with Crippen molar-refractivity contribution < 1.29 is 13.6 Å². The van der Waals surface area contributed by atoms with E-state index in [9.17, 15) is 14.0 Å². The van der Waals surface area contributed by atoms with E-state index in [1.54, 1.807) is 12.1 Å². The number of carbonyl (C=O) groups excluding carboxylic acids is 1. The molecule has 0 bridgehead atoms. The van der Waals surface area contributed by atoms with E-state index in [2.05, 4.69) is 11.9 Å². The summed E-state index contributed by atoms with van der Waals surface area (Å²) in [4.78, 5) is 24.5. The Kier molecular flexibility index (Phi) is 4.24. The Morgan fingerprint density at radius 1 is 1.21 bits per heavy atom. The lowest BCUT2D eigenvalue weighted by Crippen LogP contribution is -2.20. The molecule has 0 spiro atoms. The fourth-order valence-corrected chi connectivity index (χ4v) is 2.41. The van der Waals surface area contributed by atoms with Crippen molar-refractivity contribution in [3.05, 3.63) is 88.6 Å². The molecule has 0 aliphatic rings. The average molecular weight is 323 g/mol. The smallest absolute Gasteiger partial charge is 0.349 e. The highest BCUT2D eigenvalue weighted by molar-refractivity contribution is 6.05. The van der Waals surface area contributed by atoms with Gasteiger partial charge in [0.1, 0.15) is 17.0 Å². The normalized spacial score (nSPS) is 10.5. The van der Waals surface area contributed by atoms with E-state index in [0.29, 0.717) is 23.1 Å². The number of halogens is 1. The van der Waals surface area contributed by atoms with E-state index in [0.717, 1.165) is 5.56 Å². The van der Waals surface area contributed by atoms with Crippen molar-refractivity contribution in [3.8, 4) is 0 Å². The number of rotatable bonds is 4. The number of allylic oxidation sites excluding steroid dienone is 1. The average Bonchev–Trinajstić information content (AvgIpc) is 2.57. The van der Waals surface area contributed by atoms with Gasteiger partial charge < -0.3 is 9.73 Å². The molecule has 1 N–H and O–H groups in total. The maximum atomic E-state index is 12.9. The second-order valence-corrected chi connectivity index (χ2v) is 5.24. The third-order valence-electron chi connectivity index (χ3n) is 3.55. The molecule has 4 nitrogen and oxygen atoms in total. The first-order chi connectivity index (χ1) is 11.6. The number of benzene rings is 2. The first-order valence-corrected chi connectivity index (χ1v) is 7.32. The molecule has 0 unspecified atom stereocenters. The molecule has 2 aromatic carbocycles. The van der Waals surface area contributed by atoms with Crippen LogP contribution < -0.4 is 10.9 Å². The molecule has 0 atom stereocenters. The van der Waals surface area contributed by atoms with Crippen molar-refractivity contribution in [1.82, 2.24) is 0 Å². The van der Waals surface area contributed by atoms with E-state index in [1.807, 2.05) is 12.1 Å². The second-order valence-electron chi connectivity index (χ2n) is 5.24. The standard InChI is InChI=1S/C19H14FNO3/c1-2-4-12-5-3-6-13-11-16(19(23)24-17(12)13)18(22)21-15-9-7-14(20)8-10-15/h2-3,5-11H,1,4H2,(H,21,22). The summed E-state index contributed by atoms with van der Waals surface area (Å²) < 4.78 is 18.2. The molecule has 1 amide bonds. The molecule has 24 heavy (non-hydrogen) atoms. The summed E-state index contributed by atoms with van der Waals surface area (Å²) in [5.74, 6) is -1.01. The number of para-hydroxylation sites is 1. The van der Waals surface area contributed by atoms with Crippen LogP contribution in [0, 0.1) is 5.82 Å². The summed E-state index contributed by atoms with van der Waals surface area (Å²) in [5.41, 5.74) is 0.827. The van der Waals surface area contributed by atoms with E-state index in [4.69, 9.17) is 4.42 Å². The predicted molar refractivity (Wildman–Crippen MR) is 90.7 cm³/mol. The van der Waals surface area contributed by atoms with Crippen molar-refractivity contribution in [2.75, 3.05) is 5.32 Å². The van der Waals surface area contributed by atoms with Crippen molar-refractivity contribution in [2.24, 2.45) is 0 Å². The van der Waals surface area contributed by atoms with Crippen LogP contribution in [0.25, 0.3) is 11.0 Å². The Labute approximate surface area is 137 Å². The Morgan fingerprint density at radius 3 is 2.67 bits per heavy atom. The fraction of sp³-hybridized carbons (Fsp3) is 0.0526. The van der Waals surface area contributed by atoms with Crippen LogP contribution in [-0.4, -0.2) is 5.91 Å². The van der Waals surface area contributed by atoms with Crippen LogP contribution in [0.5, 0.6) is 0 Å². The summed E-state index contributed by atoms with van der Waals surface area (Å²) in [6.45, 7) is 3.67. The topological polar surface area (TPSA) is 59.3 Å². The zero-order valence-corrected chi connectivity index (χ0v) is 12.7. The molecule has 0 radical (unpaired) electrons. The highest BCUT2D eigenvalue weighted by atomic mass is 19.1. The number of carbonyl (C=O) groups is 1. The first-order valence-electron chi connectivity index (χ1n) is 7.32. The number of amides is 1. The monoisotopic (exact) mass is 323 g/mol. The maximum absolute atomic E-state index is 12.9. The lowest BCUT2D eigenvalue weighted by molar-refractivity contribution is 0.102. The Morgan fingerprint density at radius 2 is 1.96 bits per heavy atom. The lowest BCUT2D eigenvalue weighted by Gasteiger charge is -2.07. The quantitative estimate of drug-likeness (QED) is 0.585. The summed E-state index contributed by atoms with van der Waals surface area (Å²) >= 11 is 0. The van der Waals surface area contributed by atoms with Crippen LogP contribution in [0.1, 0.15) is 15.9 Å². The van der Waals surface area contributed by atoms with Gasteiger partial charge in [0.2, 0.25) is 0 Å². The van der Waals surface area contributed by atoms with Gasteiger partial charge in [-0.2, -0.15) is 0 Å². The highest BCUT2D eigenvalue weighted by Gasteiger charge is 2.15. The largest absolute Gasteiger partial charge is 0.422 e. The number of fused-ring (bicyclic) bond motifs is 1. The van der Waals surface area contributed by atoms with Gasteiger partial charge in [0, 0.05) is 11.1 Å². The molecule has 1 aromatic heterocycles. The van der Waals surface area contributed by atoms with Gasteiger partial charge in [-0.3, -0.25) is 4.79 Å². The van der Waals surface area contributed by atoms with Crippen LogP contribution in [0.4, 0.5) is 10.1 Å². The highest BCUT2D eigenvalue weighted by Crippen LogP contribution is 2.19. The van der Waals surface area contributed by atoms with Gasteiger partial charge in [0.15, 0.2) is 0 Å². The zero-order valence-electron chi connectivity index (χ0n) is 12.7. The van der Waals surface area contributed by atoms with Gasteiger partial charge in [-0.05, 0) is 42.3 Å². The van der Waals surface area contributed by atoms with E-state index in [-0.39, 0.29) is 5.56 Å². The minimum absolute atomic E-state index is 0.109. The van der Waals surface area contributed by atoms with Crippen LogP contribution in [0.2, 0.25) is 0 Å². The van der Waals surface area contributed by atoms with Gasteiger partial charge in [0.05, 0.1) is 0 Å². The Hall–Kier alpha value is -3.21. The molecular formula is C19H14FNO3. The van der Waals surface area contributed by atoms with Gasteiger partial charge in [-0.15, -0.1) is 6.58 Å². The van der Waals surface area contributed by atoms with Crippen LogP contribution in [0.15, 0.2) is 70.4 Å². The summed E-state index contributed by atoms with van der Waals surface area (Å²) in [7, 11) is 0. The molecule has 3 aromatic rings. The molecule has 0 saturated carbocycles. The molecule has 0 aliphatic heterocycles. The van der Waals surface area contributed by atoms with Crippen LogP contribution >= 0.6 is 0 Å². The lowest BCUT2D eigenvalue weighted by atomic mass is 10.1. The molecular weight excluding hydrogens is 309 g/mol. The van der Waals surface area contributed by atoms with E-state index < -0.39 is 17.3 Å². The second kappa shape index (κ2) is 6.50. The predicted octanol–water partition coefficient (Wildman–Crippen LogP) is 3.91. The van der Waals surface area contributed by atoms with Crippen molar-refractivity contribution >= 4 is 22.6 Å². The van der Waals surface area contributed by atoms with E-state index >= 15 is 0 Å². The van der Waals surface area contributed by atoms with Gasteiger partial charge in [0.25, 0.3) is 5.91 Å². The third kappa shape index (κ3) is 3.10. The fourth-order valence-electron chi connectivity index (χ4n) is 2.41. The maximum Gasteiger partial charge on any atom is 0.349 e. The van der Waals surface area contributed by atoms with Crippen molar-refractivity contribution in [1.29, 1.82) is 0 Å². The van der Waals surface area contributed by atoms with E-state index in [1.165, 1.54) is 30.3 Å². The minimum Gasteiger partial charge on any atom is -0.422 e. The van der Waals surface area contributed by atoms with Crippen LogP contribution in [0.3, 0.4) is 0 Å². The molecule has 5 heteroatoms. The third-order valence-corrected chi connectivity index (χ3v) is 3.55. The first kappa shape index (κ1) is 15.7. The molecule has 0 fully saturated rings. The SMILES string of the molecule is C=CCc1cccc2cc(C(=O)Nc3ccc(F)cc3)c(=O)oc12. The van der Waals surface area contributed by atoms with Crippen molar-refractivity contribution in [2.45, 2.75) is 6.42 Å². The number of nitrogens with one attached hydrogen (secondary N) is 1.